The first-order chi connectivity index (χ1) is 19.7. The first-order valence-electron chi connectivity index (χ1n) is 13.2. The number of hydrogen-bond donors (Lipinski definition) is 5. The van der Waals surface area contributed by atoms with Crippen LogP contribution in [0.3, 0.4) is 0 Å². The fraction of sp³-hybridized carbons (Fsp3) is 0.226. The zero-order valence-electron chi connectivity index (χ0n) is 22.5. The van der Waals surface area contributed by atoms with E-state index in [4.69, 9.17) is 17.3 Å². The van der Waals surface area contributed by atoms with Gasteiger partial charge in [0.25, 0.3) is 5.91 Å². The van der Waals surface area contributed by atoms with Gasteiger partial charge in [-0.25, -0.2) is 9.99 Å². The number of para-hydroxylation sites is 1. The molecule has 4 atom stereocenters. The Labute approximate surface area is 238 Å². The number of fused-ring (bicyclic) bond motifs is 1. The summed E-state index contributed by atoms with van der Waals surface area (Å²) in [6.07, 6.45) is -1.82. The molecule has 4 aromatic rings. The zero-order valence-corrected chi connectivity index (χ0v) is 22.5. The molecular weight excluding hydrogens is 520 g/mol. The largest absolute Gasteiger partial charge is 0.391 e. The molecule has 10 nitrogen and oxygen atoms in total. The summed E-state index contributed by atoms with van der Waals surface area (Å²) in [6.45, 7) is 0.212. The SMILES string of the molecule is NC(=O)C[C@H](NC(=O)c1ccc2ccccc2n1)C(=O)C(C(O)CN(N)Cc1ccccc1)C(N)c1ccccc1. The number of aliphatic hydroxyl groups is 1. The molecule has 3 unspecified atom stereocenters. The summed E-state index contributed by atoms with van der Waals surface area (Å²) in [5, 5.41) is 16.2. The van der Waals surface area contributed by atoms with Crippen LogP contribution >= 0.6 is 0 Å². The maximum atomic E-state index is 14.0. The number of benzene rings is 3. The van der Waals surface area contributed by atoms with Crippen LogP contribution in [-0.4, -0.2) is 51.4 Å². The summed E-state index contributed by atoms with van der Waals surface area (Å²) < 4.78 is 0. The Balaban J connectivity index is 1.60. The van der Waals surface area contributed by atoms with E-state index in [0.29, 0.717) is 17.6 Å². The van der Waals surface area contributed by atoms with Crippen LogP contribution in [0.1, 0.15) is 34.1 Å². The van der Waals surface area contributed by atoms with Crippen molar-refractivity contribution in [3.63, 3.8) is 0 Å². The molecule has 0 saturated carbocycles. The molecule has 2 amide bonds. The van der Waals surface area contributed by atoms with Crippen LogP contribution < -0.4 is 22.6 Å². The van der Waals surface area contributed by atoms with Crippen LogP contribution in [0.2, 0.25) is 0 Å². The molecule has 10 heteroatoms. The van der Waals surface area contributed by atoms with Crippen molar-refractivity contribution in [1.29, 1.82) is 0 Å². The van der Waals surface area contributed by atoms with Gasteiger partial charge in [-0.15, -0.1) is 0 Å². The monoisotopic (exact) mass is 554 g/mol. The van der Waals surface area contributed by atoms with Crippen LogP contribution in [0.15, 0.2) is 97.1 Å². The number of Topliss-reactive ketones (excluding diaryl/α,β-unsaturated/α-hetero) is 1. The van der Waals surface area contributed by atoms with E-state index < -0.39 is 48.1 Å². The Hall–Kier alpha value is -4.48. The van der Waals surface area contributed by atoms with Gasteiger partial charge >= 0.3 is 0 Å². The van der Waals surface area contributed by atoms with E-state index in [1.165, 1.54) is 11.1 Å². The van der Waals surface area contributed by atoms with Gasteiger partial charge in [0, 0.05) is 24.5 Å². The predicted molar refractivity (Wildman–Crippen MR) is 156 cm³/mol. The molecule has 0 aliphatic heterocycles. The highest BCUT2D eigenvalue weighted by atomic mass is 16.3. The Morgan fingerprint density at radius 1 is 0.878 bits per heavy atom. The molecule has 0 aliphatic carbocycles. The summed E-state index contributed by atoms with van der Waals surface area (Å²) in [7, 11) is 0. The number of ketones is 1. The smallest absolute Gasteiger partial charge is 0.270 e. The number of carbonyl (C=O) groups excluding carboxylic acids is 3. The minimum absolute atomic E-state index is 0.0615. The Bertz CT molecular complexity index is 1480. The number of primary amides is 1. The van der Waals surface area contributed by atoms with Crippen molar-refractivity contribution < 1.29 is 19.5 Å². The van der Waals surface area contributed by atoms with Crippen molar-refractivity contribution in [3.05, 3.63) is 114 Å². The lowest BCUT2D eigenvalue weighted by Crippen LogP contribution is -2.53. The minimum Gasteiger partial charge on any atom is -0.391 e. The standard InChI is InChI=1S/C31H34N6O4/c32-27(39)17-25(36-31(41)24-16-15-21-11-7-8-14-23(21)35-24)30(40)28(29(33)22-12-5-2-6-13-22)26(38)19-37(34)18-20-9-3-1-4-10-20/h1-16,25-26,28-29,38H,17-19,33-34H2,(H2,32,39)(H,36,41)/t25-,26?,28?,29?/m0/s1. The summed E-state index contributed by atoms with van der Waals surface area (Å²) in [5.41, 5.74) is 14.2. The maximum Gasteiger partial charge on any atom is 0.270 e. The van der Waals surface area contributed by atoms with E-state index in [1.54, 1.807) is 48.5 Å². The molecule has 4 rings (SSSR count). The average molecular weight is 555 g/mol. The first kappa shape index (κ1) is 29.5. The van der Waals surface area contributed by atoms with Crippen molar-refractivity contribution in [1.82, 2.24) is 15.3 Å². The summed E-state index contributed by atoms with van der Waals surface area (Å²) in [5.74, 6) is 2.87. The van der Waals surface area contributed by atoms with Crippen LogP contribution in [0.25, 0.3) is 10.9 Å². The first-order valence-corrected chi connectivity index (χ1v) is 13.2. The van der Waals surface area contributed by atoms with E-state index in [2.05, 4.69) is 10.3 Å². The van der Waals surface area contributed by atoms with E-state index in [-0.39, 0.29) is 12.2 Å². The van der Waals surface area contributed by atoms with E-state index in [0.717, 1.165) is 10.9 Å². The highest BCUT2D eigenvalue weighted by molar-refractivity contribution is 6.00. The number of hydrogen-bond acceptors (Lipinski definition) is 8. The lowest BCUT2D eigenvalue weighted by atomic mass is 9.82. The third-order valence-corrected chi connectivity index (χ3v) is 6.85. The fourth-order valence-electron chi connectivity index (χ4n) is 4.81. The van der Waals surface area contributed by atoms with Crippen molar-refractivity contribution in [2.45, 2.75) is 31.2 Å². The van der Waals surface area contributed by atoms with Gasteiger partial charge in [0.1, 0.15) is 5.69 Å². The highest BCUT2D eigenvalue weighted by Gasteiger charge is 2.39. The van der Waals surface area contributed by atoms with Crippen molar-refractivity contribution in [3.8, 4) is 0 Å². The summed E-state index contributed by atoms with van der Waals surface area (Å²) in [4.78, 5) is 43.6. The van der Waals surface area contributed by atoms with Crippen LogP contribution in [0, 0.1) is 5.92 Å². The second-order valence-electron chi connectivity index (χ2n) is 9.93. The average Bonchev–Trinajstić information content (AvgIpc) is 2.97. The van der Waals surface area contributed by atoms with Gasteiger partial charge in [0.15, 0.2) is 5.78 Å². The Kier molecular flexibility index (Phi) is 9.88. The molecule has 0 aliphatic rings. The fourth-order valence-corrected chi connectivity index (χ4v) is 4.81. The van der Waals surface area contributed by atoms with Crippen molar-refractivity contribution >= 4 is 28.5 Å². The molecule has 0 bridgehead atoms. The lowest BCUT2D eigenvalue weighted by Gasteiger charge is -2.32. The van der Waals surface area contributed by atoms with Crippen LogP contribution in [-0.2, 0) is 16.1 Å². The number of pyridine rings is 1. The third-order valence-electron chi connectivity index (χ3n) is 6.85. The molecule has 0 fully saturated rings. The Morgan fingerprint density at radius 2 is 1.51 bits per heavy atom. The molecule has 212 valence electrons. The van der Waals surface area contributed by atoms with Crippen LogP contribution in [0.5, 0.6) is 0 Å². The van der Waals surface area contributed by atoms with Gasteiger partial charge in [-0.3, -0.25) is 20.2 Å². The quantitative estimate of drug-likeness (QED) is 0.123. The summed E-state index contributed by atoms with van der Waals surface area (Å²) in [6, 6.07) is 26.4. The molecule has 41 heavy (non-hydrogen) atoms. The van der Waals surface area contributed by atoms with Gasteiger partial charge in [-0.2, -0.15) is 0 Å². The van der Waals surface area contributed by atoms with Crippen molar-refractivity contribution in [2.24, 2.45) is 23.2 Å². The number of aliphatic hydroxyl groups excluding tert-OH is 1. The molecule has 0 spiro atoms. The van der Waals surface area contributed by atoms with E-state index in [1.807, 2.05) is 42.5 Å². The number of rotatable bonds is 13. The second kappa shape index (κ2) is 13.7. The number of carbonyl (C=O) groups is 3. The molecule has 1 aromatic heterocycles. The second-order valence-corrected chi connectivity index (χ2v) is 9.93. The van der Waals surface area contributed by atoms with Gasteiger partial charge in [0.05, 0.1) is 30.0 Å². The van der Waals surface area contributed by atoms with Gasteiger partial charge < -0.3 is 21.9 Å². The van der Waals surface area contributed by atoms with Crippen molar-refractivity contribution in [2.75, 3.05) is 6.54 Å². The molecular formula is C31H34N6O4. The number of aromatic nitrogens is 1. The van der Waals surface area contributed by atoms with Gasteiger partial charge in [0.2, 0.25) is 5.91 Å². The van der Waals surface area contributed by atoms with Crippen LogP contribution in [0.4, 0.5) is 0 Å². The number of nitrogens with zero attached hydrogens (tertiary/aromatic N) is 2. The highest BCUT2D eigenvalue weighted by Crippen LogP contribution is 2.26. The normalized spacial score (nSPS) is 14.2. The Morgan fingerprint density at radius 3 is 2.20 bits per heavy atom. The van der Waals surface area contributed by atoms with Gasteiger partial charge in [-0.05, 0) is 23.3 Å². The molecule has 0 saturated heterocycles. The topological polar surface area (TPSA) is 178 Å². The number of nitrogens with two attached hydrogens (primary N) is 3. The van der Waals surface area contributed by atoms with E-state index in [9.17, 15) is 19.5 Å². The lowest BCUT2D eigenvalue weighted by molar-refractivity contribution is -0.132. The molecule has 8 N–H and O–H groups in total. The minimum atomic E-state index is -1.36. The molecule has 1 heterocycles. The number of nitrogens with one attached hydrogen (secondary N) is 1. The number of amides is 2. The predicted octanol–water partition coefficient (Wildman–Crippen LogP) is 1.83. The number of hydrazine groups is 1. The zero-order chi connectivity index (χ0) is 29.4. The maximum absolute atomic E-state index is 14.0. The van der Waals surface area contributed by atoms with Gasteiger partial charge in [-0.1, -0.05) is 84.9 Å². The molecule has 3 aromatic carbocycles. The molecule has 0 radical (unpaired) electrons. The third kappa shape index (κ3) is 7.80. The summed E-state index contributed by atoms with van der Waals surface area (Å²) >= 11 is 0. The van der Waals surface area contributed by atoms with E-state index >= 15 is 0 Å².